The molecule has 0 unspecified atom stereocenters. The number of ether oxygens (including phenoxy) is 1. The molecule has 1 heterocycles. The van der Waals surface area contributed by atoms with E-state index in [-0.39, 0.29) is 12.6 Å². The van der Waals surface area contributed by atoms with Crippen LogP contribution in [0, 0.1) is 0 Å². The number of tetrazole rings is 1. The number of rotatable bonds is 5. The van der Waals surface area contributed by atoms with Gasteiger partial charge in [-0.25, -0.2) is 4.79 Å². The van der Waals surface area contributed by atoms with Crippen LogP contribution in [0.3, 0.4) is 0 Å². The van der Waals surface area contributed by atoms with Crippen LogP contribution in [0.5, 0.6) is 5.75 Å². The van der Waals surface area contributed by atoms with E-state index in [9.17, 15) is 4.79 Å². The summed E-state index contributed by atoms with van der Waals surface area (Å²) >= 11 is 5.88. The van der Waals surface area contributed by atoms with Crippen LogP contribution in [0.25, 0.3) is 5.69 Å². The number of anilines is 1. The zero-order chi connectivity index (χ0) is 17.6. The van der Waals surface area contributed by atoms with Crippen molar-refractivity contribution in [1.82, 2.24) is 25.5 Å². The Kier molecular flexibility index (Phi) is 5.10. The van der Waals surface area contributed by atoms with E-state index in [1.807, 2.05) is 0 Å². The number of amides is 2. The van der Waals surface area contributed by atoms with Gasteiger partial charge in [-0.3, -0.25) is 0 Å². The number of hydrogen-bond acceptors (Lipinski definition) is 5. The van der Waals surface area contributed by atoms with Gasteiger partial charge in [0, 0.05) is 16.8 Å². The fourth-order valence-electron chi connectivity index (χ4n) is 2.13. The molecule has 3 aromatic rings. The highest BCUT2D eigenvalue weighted by Gasteiger charge is 2.10. The minimum absolute atomic E-state index is 0.158. The highest BCUT2D eigenvalue weighted by molar-refractivity contribution is 6.30. The SMILES string of the molecule is COc1cccc(NC(=O)NCc2nnnn2-c2ccc(Cl)cc2)c1. The average Bonchev–Trinajstić information content (AvgIpc) is 3.09. The summed E-state index contributed by atoms with van der Waals surface area (Å²) in [5, 5.41) is 17.6. The summed E-state index contributed by atoms with van der Waals surface area (Å²) in [6, 6.07) is 13.8. The molecule has 8 nitrogen and oxygen atoms in total. The zero-order valence-electron chi connectivity index (χ0n) is 13.3. The van der Waals surface area contributed by atoms with Crippen molar-refractivity contribution in [2.45, 2.75) is 6.54 Å². The second-order valence-electron chi connectivity index (χ2n) is 5.02. The molecule has 2 aromatic carbocycles. The summed E-state index contributed by atoms with van der Waals surface area (Å²) in [5.74, 6) is 1.15. The van der Waals surface area contributed by atoms with E-state index < -0.39 is 0 Å². The molecule has 0 aliphatic rings. The Bertz CT molecular complexity index is 865. The van der Waals surface area contributed by atoms with Crippen molar-refractivity contribution in [1.29, 1.82) is 0 Å². The Balaban J connectivity index is 1.63. The molecule has 2 N–H and O–H groups in total. The molecule has 1 aromatic heterocycles. The number of nitrogens with zero attached hydrogens (tertiary/aromatic N) is 4. The van der Waals surface area contributed by atoms with Gasteiger partial charge in [0.1, 0.15) is 5.75 Å². The number of urea groups is 1. The van der Waals surface area contributed by atoms with Crippen LogP contribution < -0.4 is 15.4 Å². The van der Waals surface area contributed by atoms with Crippen LogP contribution in [0.1, 0.15) is 5.82 Å². The number of carbonyl (C=O) groups excluding carboxylic acids is 1. The monoisotopic (exact) mass is 358 g/mol. The van der Waals surface area contributed by atoms with E-state index in [0.717, 1.165) is 5.69 Å². The van der Waals surface area contributed by atoms with Crippen LogP contribution in [-0.2, 0) is 6.54 Å². The predicted molar refractivity (Wildman–Crippen MR) is 93.0 cm³/mol. The number of benzene rings is 2. The molecular formula is C16H15ClN6O2. The lowest BCUT2D eigenvalue weighted by molar-refractivity contribution is 0.251. The largest absolute Gasteiger partial charge is 0.497 e. The van der Waals surface area contributed by atoms with Gasteiger partial charge >= 0.3 is 6.03 Å². The summed E-state index contributed by atoms with van der Waals surface area (Å²) in [4.78, 5) is 12.0. The normalized spacial score (nSPS) is 10.3. The Labute approximate surface area is 148 Å². The third-order valence-electron chi connectivity index (χ3n) is 3.34. The second-order valence-corrected chi connectivity index (χ2v) is 5.46. The molecule has 0 aliphatic heterocycles. The first-order valence-electron chi connectivity index (χ1n) is 7.38. The molecule has 0 atom stereocenters. The molecule has 128 valence electrons. The van der Waals surface area contributed by atoms with Gasteiger partial charge in [-0.1, -0.05) is 17.7 Å². The van der Waals surface area contributed by atoms with E-state index in [4.69, 9.17) is 16.3 Å². The van der Waals surface area contributed by atoms with Gasteiger partial charge in [0.2, 0.25) is 0 Å². The van der Waals surface area contributed by atoms with Gasteiger partial charge < -0.3 is 15.4 Å². The highest BCUT2D eigenvalue weighted by Crippen LogP contribution is 2.16. The summed E-state index contributed by atoms with van der Waals surface area (Å²) in [6.45, 7) is 0.158. The maximum absolute atomic E-state index is 12.0. The molecular weight excluding hydrogens is 344 g/mol. The number of halogens is 1. The molecule has 9 heteroatoms. The molecule has 0 bridgehead atoms. The van der Waals surface area contributed by atoms with E-state index in [1.165, 1.54) is 4.68 Å². The van der Waals surface area contributed by atoms with E-state index in [1.54, 1.807) is 55.6 Å². The first-order chi connectivity index (χ1) is 12.2. The van der Waals surface area contributed by atoms with Crippen LogP contribution in [-0.4, -0.2) is 33.3 Å². The third kappa shape index (κ3) is 4.24. The second kappa shape index (κ2) is 7.63. The molecule has 3 rings (SSSR count). The highest BCUT2D eigenvalue weighted by atomic mass is 35.5. The quantitative estimate of drug-likeness (QED) is 0.731. The average molecular weight is 359 g/mol. The summed E-state index contributed by atoms with van der Waals surface area (Å²) in [5.41, 5.74) is 1.37. The molecule has 25 heavy (non-hydrogen) atoms. The molecule has 0 aliphatic carbocycles. The van der Waals surface area contributed by atoms with Crippen molar-refractivity contribution in [2.24, 2.45) is 0 Å². The van der Waals surface area contributed by atoms with Crippen LogP contribution >= 0.6 is 11.6 Å². The van der Waals surface area contributed by atoms with Crippen molar-refractivity contribution < 1.29 is 9.53 Å². The van der Waals surface area contributed by atoms with E-state index in [0.29, 0.717) is 22.3 Å². The number of nitrogens with one attached hydrogen (secondary N) is 2. The van der Waals surface area contributed by atoms with E-state index >= 15 is 0 Å². The summed E-state index contributed by atoms with van der Waals surface area (Å²) < 4.78 is 6.65. The summed E-state index contributed by atoms with van der Waals surface area (Å²) in [7, 11) is 1.57. The fraction of sp³-hybridized carbons (Fsp3) is 0.125. The van der Waals surface area contributed by atoms with Crippen molar-refractivity contribution in [3.63, 3.8) is 0 Å². The zero-order valence-corrected chi connectivity index (χ0v) is 14.1. The van der Waals surface area contributed by atoms with Crippen LogP contribution in [0.15, 0.2) is 48.5 Å². The van der Waals surface area contributed by atoms with Gasteiger partial charge in [-0.2, -0.15) is 4.68 Å². The minimum Gasteiger partial charge on any atom is -0.497 e. The lowest BCUT2D eigenvalue weighted by atomic mass is 10.3. The first-order valence-corrected chi connectivity index (χ1v) is 7.75. The number of carbonyl (C=O) groups is 1. The van der Waals surface area contributed by atoms with Crippen molar-refractivity contribution in [2.75, 3.05) is 12.4 Å². The maximum atomic E-state index is 12.0. The lowest BCUT2D eigenvalue weighted by Gasteiger charge is -2.09. The molecule has 0 fully saturated rings. The number of hydrogen-bond donors (Lipinski definition) is 2. The van der Waals surface area contributed by atoms with Crippen molar-refractivity contribution >= 4 is 23.3 Å². The Hall–Kier alpha value is -3.13. The Morgan fingerprint density at radius 3 is 2.80 bits per heavy atom. The first kappa shape index (κ1) is 16.7. The van der Waals surface area contributed by atoms with Gasteiger partial charge in [0.05, 0.1) is 19.3 Å². The maximum Gasteiger partial charge on any atom is 0.319 e. The minimum atomic E-state index is -0.376. The smallest absolute Gasteiger partial charge is 0.319 e. The van der Waals surface area contributed by atoms with Crippen molar-refractivity contribution in [3.8, 4) is 11.4 Å². The van der Waals surface area contributed by atoms with Gasteiger partial charge in [-0.15, -0.1) is 5.10 Å². The topological polar surface area (TPSA) is 94.0 Å². The Morgan fingerprint density at radius 1 is 1.24 bits per heavy atom. The van der Waals surface area contributed by atoms with Gasteiger partial charge in [-0.05, 0) is 46.8 Å². The molecule has 0 saturated heterocycles. The van der Waals surface area contributed by atoms with Crippen LogP contribution in [0.4, 0.5) is 10.5 Å². The van der Waals surface area contributed by atoms with Gasteiger partial charge in [0.15, 0.2) is 5.82 Å². The fourth-order valence-corrected chi connectivity index (χ4v) is 2.26. The number of methoxy groups -OCH3 is 1. The van der Waals surface area contributed by atoms with Gasteiger partial charge in [0.25, 0.3) is 0 Å². The standard InChI is InChI=1S/C16H15ClN6O2/c1-25-14-4-2-3-12(9-14)19-16(24)18-10-15-20-21-22-23(15)13-7-5-11(17)6-8-13/h2-9H,10H2,1H3,(H2,18,19,24). The molecule has 2 amide bonds. The predicted octanol–water partition coefficient (Wildman–Crippen LogP) is 2.65. The van der Waals surface area contributed by atoms with Crippen molar-refractivity contribution in [3.05, 3.63) is 59.4 Å². The van der Waals surface area contributed by atoms with E-state index in [2.05, 4.69) is 26.2 Å². The van der Waals surface area contributed by atoms with Crippen LogP contribution in [0.2, 0.25) is 5.02 Å². The number of aromatic nitrogens is 4. The third-order valence-corrected chi connectivity index (χ3v) is 3.59. The lowest BCUT2D eigenvalue weighted by Crippen LogP contribution is -2.29. The summed E-state index contributed by atoms with van der Waals surface area (Å²) in [6.07, 6.45) is 0. The molecule has 0 radical (unpaired) electrons. The Morgan fingerprint density at radius 2 is 2.04 bits per heavy atom. The molecule has 0 spiro atoms. The molecule has 0 saturated carbocycles.